The molecule has 0 N–H and O–H groups in total. The highest BCUT2D eigenvalue weighted by Gasteiger charge is 1.59. The molecule has 0 aromatic carbocycles. The zero-order valence-corrected chi connectivity index (χ0v) is 4.75. The molecule has 1 aliphatic carbocycles. The van der Waals surface area contributed by atoms with Crippen molar-refractivity contribution in [3.05, 3.63) is 43.6 Å². The Morgan fingerprint density at radius 3 is 2.12 bits per heavy atom. The molecule has 0 unspecified atom stereocenters. The lowest BCUT2D eigenvalue weighted by Gasteiger charge is -2.17. The van der Waals surface area contributed by atoms with Crippen LogP contribution in [0, 0.1) is 19.3 Å². The van der Waals surface area contributed by atoms with Crippen LogP contribution >= 0.6 is 0 Å². The lowest BCUT2D eigenvalue weighted by atomic mass is 10.1. The van der Waals surface area contributed by atoms with Crippen molar-refractivity contribution < 1.29 is 0 Å². The fourth-order valence-electron chi connectivity index (χ4n) is 0.585. The third kappa shape index (κ3) is 1.69. The van der Waals surface area contributed by atoms with E-state index in [1.165, 1.54) is 0 Å². The van der Waals surface area contributed by atoms with Crippen molar-refractivity contribution >= 4 is 0 Å². The van der Waals surface area contributed by atoms with Crippen LogP contribution < -0.4 is 0 Å². The Kier molecular flexibility index (Phi) is 2.05. The maximum atomic E-state index is 2.12. The molecule has 0 spiro atoms. The van der Waals surface area contributed by atoms with Crippen molar-refractivity contribution in [1.29, 1.82) is 0 Å². The quantitative estimate of drug-likeness (QED) is 0.414. The second kappa shape index (κ2) is 3.14. The van der Waals surface area contributed by atoms with Crippen LogP contribution in [0.25, 0.3) is 0 Å². The average Bonchev–Trinajstić information content (AvgIpc) is 1.62. The Morgan fingerprint density at radius 1 is 0.875 bits per heavy atom. The molecule has 0 bridgehead atoms. The van der Waals surface area contributed by atoms with E-state index < -0.39 is 0 Å². The van der Waals surface area contributed by atoms with Crippen molar-refractivity contribution in [1.82, 2.24) is 0 Å². The summed E-state index contributed by atoms with van der Waals surface area (Å²) in [4.78, 5) is 0. The fraction of sp³-hybridized carbons (Fsp3) is 0.125. The summed E-state index contributed by atoms with van der Waals surface area (Å²) in [7, 11) is 0. The van der Waals surface area contributed by atoms with E-state index >= 15 is 0 Å². The Hall–Kier alpha value is -0.910. The fourth-order valence-corrected chi connectivity index (χ4v) is 0.585. The van der Waals surface area contributed by atoms with Crippen LogP contribution in [0.15, 0.2) is 24.3 Å². The molecule has 0 saturated carbocycles. The molecule has 0 heterocycles. The largest absolute Gasteiger partial charge is 0.338 e. The van der Waals surface area contributed by atoms with Gasteiger partial charge in [-0.25, -0.2) is 0 Å². The molecule has 0 heteroatoms. The highest BCUT2D eigenvalue weighted by atomic mass is 13.9. The van der Waals surface area contributed by atoms with E-state index in [9.17, 15) is 0 Å². The zero-order valence-electron chi connectivity index (χ0n) is 4.75. The van der Waals surface area contributed by atoms with Gasteiger partial charge < -0.3 is 30.7 Å². The molecule has 0 saturated heterocycles. The topological polar surface area (TPSA) is 0 Å². The minimum absolute atomic E-state index is 1.06. The summed E-state index contributed by atoms with van der Waals surface area (Å²) < 4.78 is 0. The van der Waals surface area contributed by atoms with Gasteiger partial charge >= 0.3 is 0 Å². The standard InChI is InChI=1S/C8H9/c1-2-4-6-8-7-5-3-1/h1-7H,8H2/q-3. The number of hydrogen-bond acceptors (Lipinski definition) is 0. The minimum Gasteiger partial charge on any atom is -0.338 e. The summed E-state index contributed by atoms with van der Waals surface area (Å²) >= 11 is 0. The van der Waals surface area contributed by atoms with E-state index in [-0.39, 0.29) is 0 Å². The number of allylic oxidation sites excluding steroid dienone is 4. The first kappa shape index (κ1) is 5.23. The van der Waals surface area contributed by atoms with E-state index in [4.69, 9.17) is 0 Å². The van der Waals surface area contributed by atoms with Gasteiger partial charge in [-0.2, -0.15) is 6.42 Å². The van der Waals surface area contributed by atoms with Crippen LogP contribution in [0.1, 0.15) is 6.42 Å². The summed E-state index contributed by atoms with van der Waals surface area (Å²) in [5.74, 6) is 0. The molecule has 0 fully saturated rings. The Bertz CT molecular complexity index is 86.6. The summed E-state index contributed by atoms with van der Waals surface area (Å²) in [5, 5.41) is 0. The van der Waals surface area contributed by atoms with Crippen molar-refractivity contribution in [3.63, 3.8) is 0 Å². The van der Waals surface area contributed by atoms with E-state index in [2.05, 4.69) is 25.0 Å². The van der Waals surface area contributed by atoms with Gasteiger partial charge in [-0.15, -0.1) is 0 Å². The van der Waals surface area contributed by atoms with Gasteiger partial charge in [0.1, 0.15) is 0 Å². The van der Waals surface area contributed by atoms with E-state index in [1.807, 2.05) is 18.6 Å². The number of hydrogen-bond donors (Lipinski definition) is 0. The van der Waals surface area contributed by atoms with Crippen LogP contribution in [0.5, 0.6) is 0 Å². The third-order valence-corrected chi connectivity index (χ3v) is 0.989. The number of rotatable bonds is 0. The predicted molar refractivity (Wildman–Crippen MR) is 35.8 cm³/mol. The molecule has 0 aliphatic heterocycles. The van der Waals surface area contributed by atoms with Gasteiger partial charge in [-0.1, -0.05) is 0 Å². The van der Waals surface area contributed by atoms with Crippen molar-refractivity contribution in [2.24, 2.45) is 0 Å². The summed E-state index contributed by atoms with van der Waals surface area (Å²) in [5.41, 5.74) is 0. The van der Waals surface area contributed by atoms with Crippen LogP contribution in [-0.4, -0.2) is 0 Å². The molecule has 0 atom stereocenters. The Labute approximate surface area is 50.9 Å². The predicted octanol–water partition coefficient (Wildman–Crippen LogP) is 2.12. The molecule has 0 radical (unpaired) electrons. The molecular weight excluding hydrogens is 96.1 g/mol. The van der Waals surface area contributed by atoms with Crippen molar-refractivity contribution in [3.8, 4) is 0 Å². The Balaban J connectivity index is 2.31. The van der Waals surface area contributed by atoms with Gasteiger partial charge in [0.15, 0.2) is 0 Å². The molecule has 44 valence electrons. The van der Waals surface area contributed by atoms with Crippen LogP contribution in [0.4, 0.5) is 0 Å². The summed E-state index contributed by atoms with van der Waals surface area (Å²) in [6.07, 6.45) is 15.5. The van der Waals surface area contributed by atoms with Gasteiger partial charge in [0.2, 0.25) is 0 Å². The molecule has 0 aromatic rings. The van der Waals surface area contributed by atoms with Crippen molar-refractivity contribution in [2.75, 3.05) is 0 Å². The molecule has 0 amide bonds. The SMILES string of the molecule is C1=C[CH-]C[CH-]C=C[CH-]1. The van der Waals surface area contributed by atoms with Crippen LogP contribution in [0.3, 0.4) is 0 Å². The van der Waals surface area contributed by atoms with Gasteiger partial charge in [-0.3, -0.25) is 12.8 Å². The molecule has 0 nitrogen and oxygen atoms in total. The highest BCUT2D eigenvalue weighted by molar-refractivity contribution is 5.17. The molecule has 1 aliphatic rings. The van der Waals surface area contributed by atoms with E-state index in [0.29, 0.717) is 0 Å². The first-order valence-corrected chi connectivity index (χ1v) is 2.82. The smallest absolute Gasteiger partial charge is 0.172 e. The second-order valence-corrected chi connectivity index (χ2v) is 1.67. The minimum atomic E-state index is 1.06. The first-order valence-electron chi connectivity index (χ1n) is 2.82. The highest BCUT2D eigenvalue weighted by Crippen LogP contribution is 2.00. The lowest BCUT2D eigenvalue weighted by molar-refractivity contribution is 1.20. The summed E-state index contributed by atoms with van der Waals surface area (Å²) in [6, 6.07) is 0. The second-order valence-electron chi connectivity index (χ2n) is 1.67. The maximum absolute atomic E-state index is 2.12. The third-order valence-electron chi connectivity index (χ3n) is 0.989. The molecule has 0 aromatic heterocycles. The molecule has 8 heavy (non-hydrogen) atoms. The van der Waals surface area contributed by atoms with Gasteiger partial charge in [0.05, 0.1) is 0 Å². The van der Waals surface area contributed by atoms with E-state index in [0.717, 1.165) is 6.42 Å². The molecule has 1 rings (SSSR count). The van der Waals surface area contributed by atoms with Crippen LogP contribution in [0.2, 0.25) is 0 Å². The summed E-state index contributed by atoms with van der Waals surface area (Å²) in [6.45, 7) is 0. The monoisotopic (exact) mass is 105 g/mol. The normalized spacial score (nSPS) is 17.0. The maximum Gasteiger partial charge on any atom is -0.172 e. The van der Waals surface area contributed by atoms with Crippen LogP contribution in [-0.2, 0) is 0 Å². The zero-order chi connectivity index (χ0) is 5.66. The van der Waals surface area contributed by atoms with Gasteiger partial charge in [-0.05, 0) is 0 Å². The first-order chi connectivity index (χ1) is 4.00. The van der Waals surface area contributed by atoms with Gasteiger partial charge in [0, 0.05) is 0 Å². The Morgan fingerprint density at radius 2 is 1.50 bits per heavy atom. The van der Waals surface area contributed by atoms with E-state index in [1.54, 1.807) is 0 Å². The van der Waals surface area contributed by atoms with Crippen molar-refractivity contribution in [2.45, 2.75) is 6.42 Å². The lowest BCUT2D eigenvalue weighted by Crippen LogP contribution is -1.75. The van der Waals surface area contributed by atoms with Gasteiger partial charge in [0.25, 0.3) is 0 Å². The molecular formula is C8H9-3. The average molecular weight is 105 g/mol.